The number of ether oxygens (including phenoxy) is 1. The number of hydrogen-bond acceptors (Lipinski definition) is 3. The molecule has 0 heterocycles. The summed E-state index contributed by atoms with van der Waals surface area (Å²) in [6, 6.07) is 11.6. The van der Waals surface area contributed by atoms with Crippen molar-refractivity contribution in [1.29, 1.82) is 0 Å². The number of carbonyl (C=O) groups excluding carboxylic acids is 1. The Bertz CT molecular complexity index is 660. The van der Waals surface area contributed by atoms with Crippen LogP contribution in [0.2, 0.25) is 0 Å². The summed E-state index contributed by atoms with van der Waals surface area (Å²) in [7, 11) is 0. The van der Waals surface area contributed by atoms with Gasteiger partial charge in [-0.2, -0.15) is 0 Å². The van der Waals surface area contributed by atoms with Crippen molar-refractivity contribution in [2.24, 2.45) is 0 Å². The molecule has 1 N–H and O–H groups in total. The SMILES string of the molecule is CCOC(=O)c1c(CC)c(O)cc(CC)c1-c1ccccc1. The molecule has 0 atom stereocenters. The third kappa shape index (κ3) is 2.98. The van der Waals surface area contributed by atoms with Gasteiger partial charge in [0.1, 0.15) is 5.75 Å². The van der Waals surface area contributed by atoms with E-state index < -0.39 is 0 Å². The minimum Gasteiger partial charge on any atom is -0.508 e. The van der Waals surface area contributed by atoms with Crippen LogP contribution in [0.4, 0.5) is 0 Å². The number of esters is 1. The molecule has 0 saturated carbocycles. The molecule has 0 amide bonds. The van der Waals surface area contributed by atoms with E-state index in [1.54, 1.807) is 13.0 Å². The molecule has 0 fully saturated rings. The van der Waals surface area contributed by atoms with E-state index in [4.69, 9.17) is 4.74 Å². The van der Waals surface area contributed by atoms with E-state index in [0.717, 1.165) is 23.1 Å². The fourth-order valence-electron chi connectivity index (χ4n) is 2.76. The Morgan fingerprint density at radius 2 is 1.77 bits per heavy atom. The fourth-order valence-corrected chi connectivity index (χ4v) is 2.76. The third-order valence-corrected chi connectivity index (χ3v) is 3.77. The van der Waals surface area contributed by atoms with Gasteiger partial charge in [-0.3, -0.25) is 0 Å². The fraction of sp³-hybridized carbons (Fsp3) is 0.316. The van der Waals surface area contributed by atoms with Crippen LogP contribution in [0.3, 0.4) is 0 Å². The number of benzene rings is 2. The second kappa shape index (κ2) is 7.12. The van der Waals surface area contributed by atoms with Gasteiger partial charge in [-0.25, -0.2) is 4.79 Å². The Hall–Kier alpha value is -2.29. The van der Waals surface area contributed by atoms with Crippen LogP contribution in [-0.4, -0.2) is 17.7 Å². The molecule has 0 bridgehead atoms. The number of aryl methyl sites for hydroxylation is 1. The van der Waals surface area contributed by atoms with Crippen LogP contribution in [0.1, 0.15) is 42.3 Å². The summed E-state index contributed by atoms with van der Waals surface area (Å²) in [5.74, 6) is -0.203. The molecule has 0 aromatic heterocycles. The van der Waals surface area contributed by atoms with Gasteiger partial charge in [0.2, 0.25) is 0 Å². The van der Waals surface area contributed by atoms with Gasteiger partial charge in [-0.15, -0.1) is 0 Å². The number of hydrogen-bond donors (Lipinski definition) is 1. The van der Waals surface area contributed by atoms with Crippen LogP contribution in [0.15, 0.2) is 36.4 Å². The van der Waals surface area contributed by atoms with Gasteiger partial charge in [-0.05, 0) is 42.5 Å². The van der Waals surface area contributed by atoms with Gasteiger partial charge in [-0.1, -0.05) is 44.2 Å². The summed E-state index contributed by atoms with van der Waals surface area (Å²) >= 11 is 0. The van der Waals surface area contributed by atoms with E-state index >= 15 is 0 Å². The van der Waals surface area contributed by atoms with E-state index in [2.05, 4.69) is 0 Å². The lowest BCUT2D eigenvalue weighted by molar-refractivity contribution is 0.0525. The summed E-state index contributed by atoms with van der Waals surface area (Å²) < 4.78 is 5.24. The van der Waals surface area contributed by atoms with E-state index in [1.807, 2.05) is 44.2 Å². The zero-order valence-corrected chi connectivity index (χ0v) is 13.3. The maximum Gasteiger partial charge on any atom is 0.339 e. The maximum absolute atomic E-state index is 12.5. The van der Waals surface area contributed by atoms with Gasteiger partial charge in [0, 0.05) is 5.56 Å². The minimum absolute atomic E-state index is 0.169. The Morgan fingerprint density at radius 1 is 1.09 bits per heavy atom. The van der Waals surface area contributed by atoms with Crippen molar-refractivity contribution in [3.8, 4) is 16.9 Å². The van der Waals surface area contributed by atoms with Crippen molar-refractivity contribution in [3.05, 3.63) is 53.1 Å². The van der Waals surface area contributed by atoms with Crippen molar-refractivity contribution in [2.75, 3.05) is 6.61 Å². The first kappa shape index (κ1) is 16.1. The smallest absolute Gasteiger partial charge is 0.339 e. The summed E-state index contributed by atoms with van der Waals surface area (Å²) in [5, 5.41) is 10.3. The highest BCUT2D eigenvalue weighted by Crippen LogP contribution is 2.36. The zero-order valence-electron chi connectivity index (χ0n) is 13.3. The Morgan fingerprint density at radius 3 is 2.32 bits per heavy atom. The minimum atomic E-state index is -0.371. The quantitative estimate of drug-likeness (QED) is 0.834. The standard InChI is InChI=1S/C19H22O3/c1-4-13-12-16(20)15(5-2)18(19(21)22-6-3)17(13)14-10-8-7-9-11-14/h7-12,20H,4-6H2,1-3H3. The van der Waals surface area contributed by atoms with Gasteiger partial charge in [0.15, 0.2) is 0 Å². The van der Waals surface area contributed by atoms with Crippen LogP contribution in [0.5, 0.6) is 5.75 Å². The first-order chi connectivity index (χ1) is 10.6. The van der Waals surface area contributed by atoms with Gasteiger partial charge in [0.05, 0.1) is 12.2 Å². The second-order valence-electron chi connectivity index (χ2n) is 5.08. The monoisotopic (exact) mass is 298 g/mol. The largest absolute Gasteiger partial charge is 0.508 e. The predicted octanol–water partition coefficient (Wildman–Crippen LogP) is 4.36. The molecule has 0 saturated heterocycles. The number of phenolic OH excluding ortho intramolecular Hbond substituents is 1. The van der Waals surface area contributed by atoms with Crippen LogP contribution < -0.4 is 0 Å². The lowest BCUT2D eigenvalue weighted by atomic mass is 9.88. The molecular weight excluding hydrogens is 276 g/mol. The number of aromatic hydroxyl groups is 1. The zero-order chi connectivity index (χ0) is 16.1. The van der Waals surface area contributed by atoms with E-state index in [1.165, 1.54) is 0 Å². The van der Waals surface area contributed by atoms with Crippen molar-refractivity contribution in [1.82, 2.24) is 0 Å². The summed E-state index contributed by atoms with van der Waals surface area (Å²) in [6.45, 7) is 6.04. The van der Waals surface area contributed by atoms with Crippen LogP contribution in [0.25, 0.3) is 11.1 Å². The maximum atomic E-state index is 12.5. The summed E-state index contributed by atoms with van der Waals surface area (Å²) in [5.41, 5.74) is 3.93. The van der Waals surface area contributed by atoms with Crippen LogP contribution >= 0.6 is 0 Å². The first-order valence-corrected chi connectivity index (χ1v) is 7.74. The Balaban J connectivity index is 2.80. The van der Waals surface area contributed by atoms with E-state index in [0.29, 0.717) is 24.2 Å². The van der Waals surface area contributed by atoms with Crippen LogP contribution in [-0.2, 0) is 17.6 Å². The van der Waals surface area contributed by atoms with Crippen molar-refractivity contribution in [2.45, 2.75) is 33.6 Å². The van der Waals surface area contributed by atoms with E-state index in [9.17, 15) is 9.90 Å². The molecule has 0 spiro atoms. The second-order valence-corrected chi connectivity index (χ2v) is 5.08. The highest BCUT2D eigenvalue weighted by Gasteiger charge is 2.23. The molecule has 116 valence electrons. The Kier molecular flexibility index (Phi) is 5.21. The number of carbonyl (C=O) groups is 1. The van der Waals surface area contributed by atoms with Gasteiger partial charge < -0.3 is 9.84 Å². The molecule has 3 heteroatoms. The van der Waals surface area contributed by atoms with Gasteiger partial charge >= 0.3 is 5.97 Å². The molecule has 2 rings (SSSR count). The molecule has 0 aliphatic carbocycles. The number of rotatable bonds is 5. The van der Waals surface area contributed by atoms with Crippen molar-refractivity contribution < 1.29 is 14.6 Å². The average Bonchev–Trinajstić information content (AvgIpc) is 2.54. The molecule has 0 unspecified atom stereocenters. The van der Waals surface area contributed by atoms with Crippen LogP contribution in [0, 0.1) is 0 Å². The Labute approximate surface area is 131 Å². The molecule has 22 heavy (non-hydrogen) atoms. The normalized spacial score (nSPS) is 10.5. The molecule has 3 nitrogen and oxygen atoms in total. The molecule has 0 aliphatic heterocycles. The molecule has 0 aliphatic rings. The third-order valence-electron chi connectivity index (χ3n) is 3.77. The average molecular weight is 298 g/mol. The molecule has 2 aromatic rings. The topological polar surface area (TPSA) is 46.5 Å². The van der Waals surface area contributed by atoms with E-state index in [-0.39, 0.29) is 11.7 Å². The highest BCUT2D eigenvalue weighted by molar-refractivity contribution is 6.00. The first-order valence-electron chi connectivity index (χ1n) is 7.74. The van der Waals surface area contributed by atoms with Gasteiger partial charge in [0.25, 0.3) is 0 Å². The highest BCUT2D eigenvalue weighted by atomic mass is 16.5. The lowest BCUT2D eigenvalue weighted by Gasteiger charge is -2.18. The molecule has 0 radical (unpaired) electrons. The van der Waals surface area contributed by atoms with Crippen molar-refractivity contribution in [3.63, 3.8) is 0 Å². The predicted molar refractivity (Wildman–Crippen MR) is 88.3 cm³/mol. The lowest BCUT2D eigenvalue weighted by Crippen LogP contribution is -2.12. The summed E-state index contributed by atoms with van der Waals surface area (Å²) in [4.78, 5) is 12.5. The summed E-state index contributed by atoms with van der Waals surface area (Å²) in [6.07, 6.45) is 1.30. The molecular formula is C19H22O3. The van der Waals surface area contributed by atoms with Crippen molar-refractivity contribution >= 4 is 5.97 Å². The number of phenols is 1. The molecule has 2 aromatic carbocycles.